The van der Waals surface area contributed by atoms with Gasteiger partial charge in [-0.15, -0.1) is 5.10 Å². The van der Waals surface area contributed by atoms with Gasteiger partial charge in [-0.05, 0) is 25.0 Å². The number of pyridine rings is 1. The molecule has 1 saturated heterocycles. The number of carbonyl (C=O) groups is 1. The Hall–Kier alpha value is -2.15. The van der Waals surface area contributed by atoms with Crippen LogP contribution in [-0.4, -0.2) is 50.3 Å². The van der Waals surface area contributed by atoms with Crippen molar-refractivity contribution in [2.75, 3.05) is 13.2 Å². The molecule has 1 aliphatic carbocycles. The molecular formula is C16H20N4O3. The number of morpholine rings is 1. The van der Waals surface area contributed by atoms with Crippen molar-refractivity contribution < 1.29 is 9.53 Å². The number of rotatable bonds is 2. The molecule has 2 fully saturated rings. The van der Waals surface area contributed by atoms with Crippen LogP contribution < -0.4 is 5.69 Å². The predicted molar refractivity (Wildman–Crippen MR) is 83.2 cm³/mol. The van der Waals surface area contributed by atoms with Gasteiger partial charge in [0.15, 0.2) is 5.65 Å². The number of amides is 1. The zero-order valence-corrected chi connectivity index (χ0v) is 12.9. The summed E-state index contributed by atoms with van der Waals surface area (Å²) in [6.07, 6.45) is 6.10. The number of hydrogen-bond donors (Lipinski definition) is 0. The topological polar surface area (TPSA) is 68.8 Å². The van der Waals surface area contributed by atoms with Gasteiger partial charge in [-0.3, -0.25) is 9.20 Å². The van der Waals surface area contributed by atoms with Crippen molar-refractivity contribution in [1.82, 2.24) is 19.1 Å². The number of ether oxygens (including phenoxy) is 1. The van der Waals surface area contributed by atoms with Gasteiger partial charge in [0.1, 0.15) is 6.54 Å². The second kappa shape index (κ2) is 5.81. The van der Waals surface area contributed by atoms with Crippen LogP contribution >= 0.6 is 0 Å². The molecule has 2 aliphatic rings. The van der Waals surface area contributed by atoms with E-state index in [1.807, 2.05) is 11.0 Å². The normalized spacial score (nSPS) is 24.6. The predicted octanol–water partition coefficient (Wildman–Crippen LogP) is 0.666. The summed E-state index contributed by atoms with van der Waals surface area (Å²) in [5.74, 6) is -0.0456. The summed E-state index contributed by atoms with van der Waals surface area (Å²) in [6, 6.07) is 5.51. The zero-order chi connectivity index (χ0) is 15.8. The molecule has 0 bridgehead atoms. The monoisotopic (exact) mass is 316 g/mol. The molecule has 7 heteroatoms. The van der Waals surface area contributed by atoms with E-state index in [1.54, 1.807) is 18.3 Å². The highest BCUT2D eigenvalue weighted by Crippen LogP contribution is 2.28. The second-order valence-corrected chi connectivity index (χ2v) is 6.22. The molecule has 2 atom stereocenters. The maximum atomic E-state index is 12.7. The van der Waals surface area contributed by atoms with Crippen molar-refractivity contribution in [1.29, 1.82) is 0 Å². The minimum Gasteiger partial charge on any atom is -0.374 e. The fourth-order valence-corrected chi connectivity index (χ4v) is 3.70. The lowest BCUT2D eigenvalue weighted by Gasteiger charge is -2.43. The minimum atomic E-state index is -0.276. The average Bonchev–Trinajstić information content (AvgIpc) is 2.90. The molecule has 0 radical (unpaired) electrons. The van der Waals surface area contributed by atoms with E-state index in [4.69, 9.17) is 4.74 Å². The summed E-state index contributed by atoms with van der Waals surface area (Å²) in [4.78, 5) is 26.9. The second-order valence-electron chi connectivity index (χ2n) is 6.22. The fourth-order valence-electron chi connectivity index (χ4n) is 3.70. The van der Waals surface area contributed by atoms with Gasteiger partial charge in [-0.2, -0.15) is 0 Å². The molecule has 0 aromatic carbocycles. The summed E-state index contributed by atoms with van der Waals surface area (Å²) in [6.45, 7) is 1.17. The van der Waals surface area contributed by atoms with Gasteiger partial charge in [-0.1, -0.05) is 18.9 Å². The largest absolute Gasteiger partial charge is 0.374 e. The zero-order valence-electron chi connectivity index (χ0n) is 12.9. The van der Waals surface area contributed by atoms with Crippen LogP contribution in [0.15, 0.2) is 29.2 Å². The first kappa shape index (κ1) is 14.4. The Kier molecular flexibility index (Phi) is 3.65. The van der Waals surface area contributed by atoms with E-state index in [0.29, 0.717) is 18.8 Å². The Morgan fingerprint density at radius 1 is 1.30 bits per heavy atom. The molecule has 3 heterocycles. The Bertz CT molecular complexity index is 779. The Morgan fingerprint density at radius 3 is 3.04 bits per heavy atom. The smallest absolute Gasteiger partial charge is 0.350 e. The molecule has 7 nitrogen and oxygen atoms in total. The molecular weight excluding hydrogens is 296 g/mol. The van der Waals surface area contributed by atoms with Crippen LogP contribution in [0.1, 0.15) is 25.7 Å². The molecule has 1 aliphatic heterocycles. The van der Waals surface area contributed by atoms with Crippen molar-refractivity contribution in [2.45, 2.75) is 44.4 Å². The average molecular weight is 316 g/mol. The summed E-state index contributed by atoms with van der Waals surface area (Å²) in [7, 11) is 0. The van der Waals surface area contributed by atoms with Crippen LogP contribution in [0, 0.1) is 0 Å². The third kappa shape index (κ3) is 2.55. The maximum Gasteiger partial charge on any atom is 0.350 e. The lowest BCUT2D eigenvalue weighted by atomic mass is 9.90. The highest BCUT2D eigenvalue weighted by atomic mass is 16.5. The molecule has 2 aromatic heterocycles. The summed E-state index contributed by atoms with van der Waals surface area (Å²) < 4.78 is 8.51. The van der Waals surface area contributed by atoms with Gasteiger partial charge in [0, 0.05) is 12.7 Å². The highest BCUT2D eigenvalue weighted by molar-refractivity contribution is 5.76. The third-order valence-corrected chi connectivity index (χ3v) is 4.83. The van der Waals surface area contributed by atoms with Crippen molar-refractivity contribution in [3.05, 3.63) is 34.9 Å². The third-order valence-electron chi connectivity index (χ3n) is 4.83. The standard InChI is InChI=1S/C16H20N4O3/c21-15(18-9-10-23-13-6-2-1-5-12(13)18)11-20-16(22)19-8-4-3-7-14(19)17-20/h3-4,7-8,12-13H,1-2,5-6,9-11H2. The van der Waals surface area contributed by atoms with Crippen LogP contribution in [0.5, 0.6) is 0 Å². The number of hydrogen-bond acceptors (Lipinski definition) is 4. The van der Waals surface area contributed by atoms with Crippen LogP contribution in [0.25, 0.3) is 5.65 Å². The van der Waals surface area contributed by atoms with Crippen molar-refractivity contribution >= 4 is 11.6 Å². The van der Waals surface area contributed by atoms with Gasteiger partial charge in [0.05, 0.1) is 18.8 Å². The van der Waals surface area contributed by atoms with E-state index in [0.717, 1.165) is 25.7 Å². The fraction of sp³-hybridized carbons (Fsp3) is 0.562. The van der Waals surface area contributed by atoms with E-state index >= 15 is 0 Å². The van der Waals surface area contributed by atoms with Crippen LogP contribution in [-0.2, 0) is 16.1 Å². The van der Waals surface area contributed by atoms with Gasteiger partial charge >= 0.3 is 5.69 Å². The molecule has 2 unspecified atom stereocenters. The number of carbonyl (C=O) groups excluding carboxylic acids is 1. The highest BCUT2D eigenvalue weighted by Gasteiger charge is 2.36. The Labute approximate surface area is 133 Å². The van der Waals surface area contributed by atoms with Gasteiger partial charge in [0.25, 0.3) is 0 Å². The SMILES string of the molecule is O=C(Cn1nc2ccccn2c1=O)N1CCOC2CCCCC21. The molecule has 0 N–H and O–H groups in total. The lowest BCUT2D eigenvalue weighted by Crippen LogP contribution is -2.55. The van der Waals surface area contributed by atoms with Gasteiger partial charge in [-0.25, -0.2) is 9.48 Å². The van der Waals surface area contributed by atoms with Crippen molar-refractivity contribution in [3.63, 3.8) is 0 Å². The van der Waals surface area contributed by atoms with Crippen LogP contribution in [0.3, 0.4) is 0 Å². The first-order chi connectivity index (χ1) is 11.2. The first-order valence-electron chi connectivity index (χ1n) is 8.19. The van der Waals surface area contributed by atoms with E-state index in [9.17, 15) is 9.59 Å². The Morgan fingerprint density at radius 2 is 2.17 bits per heavy atom. The van der Waals surface area contributed by atoms with Crippen LogP contribution in [0.2, 0.25) is 0 Å². The van der Waals surface area contributed by atoms with Crippen LogP contribution in [0.4, 0.5) is 0 Å². The molecule has 1 amide bonds. The van der Waals surface area contributed by atoms with Crippen molar-refractivity contribution in [3.8, 4) is 0 Å². The molecule has 0 spiro atoms. The van der Waals surface area contributed by atoms with E-state index < -0.39 is 0 Å². The van der Waals surface area contributed by atoms with E-state index in [2.05, 4.69) is 5.10 Å². The van der Waals surface area contributed by atoms with E-state index in [-0.39, 0.29) is 30.3 Å². The summed E-state index contributed by atoms with van der Waals surface area (Å²) in [5, 5.41) is 4.24. The Balaban J connectivity index is 1.56. The number of aromatic nitrogens is 3. The molecule has 122 valence electrons. The first-order valence-corrected chi connectivity index (χ1v) is 8.19. The quantitative estimate of drug-likeness (QED) is 0.816. The lowest BCUT2D eigenvalue weighted by molar-refractivity contribution is -0.150. The maximum absolute atomic E-state index is 12.7. The number of fused-ring (bicyclic) bond motifs is 2. The minimum absolute atomic E-state index is 0.0102. The van der Waals surface area contributed by atoms with Crippen molar-refractivity contribution in [2.24, 2.45) is 0 Å². The summed E-state index contributed by atoms with van der Waals surface area (Å²) in [5.41, 5.74) is 0.283. The van der Waals surface area contributed by atoms with Gasteiger partial charge < -0.3 is 9.64 Å². The summed E-state index contributed by atoms with van der Waals surface area (Å²) >= 11 is 0. The van der Waals surface area contributed by atoms with Gasteiger partial charge in [0.2, 0.25) is 5.91 Å². The molecule has 2 aromatic rings. The molecule has 4 rings (SSSR count). The number of nitrogens with zero attached hydrogens (tertiary/aromatic N) is 4. The van der Waals surface area contributed by atoms with E-state index in [1.165, 1.54) is 9.08 Å². The molecule has 23 heavy (non-hydrogen) atoms. The molecule has 1 saturated carbocycles.